The van der Waals surface area contributed by atoms with Crippen LogP contribution in [0.5, 0.6) is 0 Å². The molecule has 0 bridgehead atoms. The summed E-state index contributed by atoms with van der Waals surface area (Å²) < 4.78 is 6.13. The summed E-state index contributed by atoms with van der Waals surface area (Å²) in [6.07, 6.45) is 2.99. The topological polar surface area (TPSA) is 49.8 Å². The highest BCUT2D eigenvalue weighted by Gasteiger charge is 2.51. The number of ether oxygens (including phenoxy) is 1. The predicted octanol–water partition coefficient (Wildman–Crippen LogP) is 2.52. The lowest BCUT2D eigenvalue weighted by molar-refractivity contribution is -0.151. The van der Waals surface area contributed by atoms with Crippen LogP contribution >= 0.6 is 0 Å². The molecule has 4 nitrogen and oxygen atoms in total. The third kappa shape index (κ3) is 2.79. The molecule has 4 heteroatoms. The molecule has 2 fully saturated rings. The van der Waals surface area contributed by atoms with Gasteiger partial charge >= 0.3 is 5.97 Å². The zero-order chi connectivity index (χ0) is 14.4. The average molecular weight is 269 g/mol. The summed E-state index contributed by atoms with van der Waals surface area (Å²) in [7, 11) is 0. The van der Waals surface area contributed by atoms with Crippen LogP contribution in [0.15, 0.2) is 0 Å². The van der Waals surface area contributed by atoms with Gasteiger partial charge in [-0.3, -0.25) is 9.69 Å². The van der Waals surface area contributed by atoms with Crippen molar-refractivity contribution in [1.29, 1.82) is 0 Å². The Labute approximate surface area is 116 Å². The summed E-state index contributed by atoms with van der Waals surface area (Å²) in [4.78, 5) is 13.8. The number of hydrogen-bond acceptors (Lipinski definition) is 3. The van der Waals surface area contributed by atoms with Gasteiger partial charge in [0.15, 0.2) is 0 Å². The van der Waals surface area contributed by atoms with Gasteiger partial charge in [-0.15, -0.1) is 0 Å². The Bertz CT molecular complexity index is 364. The van der Waals surface area contributed by atoms with Crippen molar-refractivity contribution in [3.63, 3.8) is 0 Å². The SMILES string of the molecule is CC1CCCN(C2CC(C)(C)OC2(C)C)C1C(=O)O. The highest BCUT2D eigenvalue weighted by Crippen LogP contribution is 2.42. The fourth-order valence-electron chi connectivity index (χ4n) is 4.00. The van der Waals surface area contributed by atoms with E-state index in [1.165, 1.54) is 0 Å². The molecular weight excluding hydrogens is 242 g/mol. The Morgan fingerprint density at radius 2 is 1.95 bits per heavy atom. The predicted molar refractivity (Wildman–Crippen MR) is 74.2 cm³/mol. The van der Waals surface area contributed by atoms with Gasteiger partial charge in [0.25, 0.3) is 0 Å². The van der Waals surface area contributed by atoms with Crippen molar-refractivity contribution in [3.05, 3.63) is 0 Å². The van der Waals surface area contributed by atoms with Gasteiger partial charge in [0.1, 0.15) is 6.04 Å². The van der Waals surface area contributed by atoms with Crippen molar-refractivity contribution in [1.82, 2.24) is 4.90 Å². The lowest BCUT2D eigenvalue weighted by Crippen LogP contribution is -2.58. The molecule has 0 aromatic rings. The number of hydrogen-bond donors (Lipinski definition) is 1. The summed E-state index contributed by atoms with van der Waals surface area (Å²) in [6.45, 7) is 11.3. The fraction of sp³-hybridized carbons (Fsp3) is 0.933. The van der Waals surface area contributed by atoms with Crippen molar-refractivity contribution in [3.8, 4) is 0 Å². The van der Waals surface area contributed by atoms with Crippen molar-refractivity contribution >= 4 is 5.97 Å². The molecule has 110 valence electrons. The van der Waals surface area contributed by atoms with Gasteiger partial charge in [-0.25, -0.2) is 0 Å². The first-order valence-electron chi connectivity index (χ1n) is 7.33. The van der Waals surface area contributed by atoms with E-state index in [-0.39, 0.29) is 29.2 Å². The Kier molecular flexibility index (Phi) is 3.69. The normalized spacial score (nSPS) is 38.3. The van der Waals surface area contributed by atoms with Crippen LogP contribution < -0.4 is 0 Å². The minimum atomic E-state index is -0.687. The minimum absolute atomic E-state index is 0.169. The summed E-state index contributed by atoms with van der Waals surface area (Å²) in [5, 5.41) is 9.56. The molecule has 2 heterocycles. The lowest BCUT2D eigenvalue weighted by atomic mass is 9.85. The smallest absolute Gasteiger partial charge is 0.321 e. The van der Waals surface area contributed by atoms with Crippen LogP contribution in [0.1, 0.15) is 53.9 Å². The first-order chi connectivity index (χ1) is 8.64. The van der Waals surface area contributed by atoms with E-state index >= 15 is 0 Å². The number of carbonyl (C=O) groups is 1. The van der Waals surface area contributed by atoms with E-state index in [1.807, 2.05) is 0 Å². The molecule has 2 aliphatic heterocycles. The molecule has 0 aromatic heterocycles. The maximum absolute atomic E-state index is 11.6. The van der Waals surface area contributed by atoms with Crippen molar-refractivity contribution < 1.29 is 14.6 Å². The maximum atomic E-state index is 11.6. The number of rotatable bonds is 2. The molecule has 2 aliphatic rings. The van der Waals surface area contributed by atoms with Crippen molar-refractivity contribution in [2.45, 2.75) is 77.2 Å². The van der Waals surface area contributed by atoms with Crippen molar-refractivity contribution in [2.24, 2.45) is 5.92 Å². The van der Waals surface area contributed by atoms with Gasteiger partial charge < -0.3 is 9.84 Å². The highest BCUT2D eigenvalue weighted by atomic mass is 16.5. The summed E-state index contributed by atoms with van der Waals surface area (Å²) in [6, 6.07) is -0.179. The third-order valence-corrected chi connectivity index (χ3v) is 4.65. The number of carboxylic acids is 1. The van der Waals surface area contributed by atoms with Gasteiger partial charge in [0.2, 0.25) is 0 Å². The minimum Gasteiger partial charge on any atom is -0.480 e. The molecule has 0 amide bonds. The highest BCUT2D eigenvalue weighted by molar-refractivity contribution is 5.74. The van der Waals surface area contributed by atoms with Crippen LogP contribution in [-0.4, -0.2) is 45.8 Å². The first kappa shape index (κ1) is 14.8. The molecule has 0 saturated carbocycles. The van der Waals surface area contributed by atoms with Crippen LogP contribution in [-0.2, 0) is 9.53 Å². The van der Waals surface area contributed by atoms with Crippen molar-refractivity contribution in [2.75, 3.05) is 6.54 Å². The van der Waals surface area contributed by atoms with Gasteiger partial charge in [-0.05, 0) is 59.4 Å². The number of aliphatic carboxylic acids is 1. The second-order valence-electron chi connectivity index (χ2n) is 7.33. The number of carboxylic acid groups (broad SMARTS) is 1. The Balaban J connectivity index is 2.26. The van der Waals surface area contributed by atoms with Gasteiger partial charge in [0, 0.05) is 6.04 Å². The second kappa shape index (κ2) is 4.74. The largest absolute Gasteiger partial charge is 0.480 e. The van der Waals surface area contributed by atoms with E-state index in [0.29, 0.717) is 0 Å². The quantitative estimate of drug-likeness (QED) is 0.837. The zero-order valence-corrected chi connectivity index (χ0v) is 12.8. The van der Waals surface area contributed by atoms with Gasteiger partial charge in [0.05, 0.1) is 11.2 Å². The van der Waals surface area contributed by atoms with Crippen LogP contribution in [0, 0.1) is 5.92 Å². The van der Waals surface area contributed by atoms with E-state index in [4.69, 9.17) is 4.74 Å². The molecule has 0 spiro atoms. The zero-order valence-electron chi connectivity index (χ0n) is 12.8. The van der Waals surface area contributed by atoms with Crippen LogP contribution in [0.4, 0.5) is 0 Å². The lowest BCUT2D eigenvalue weighted by Gasteiger charge is -2.44. The summed E-state index contributed by atoms with van der Waals surface area (Å²) >= 11 is 0. The molecule has 19 heavy (non-hydrogen) atoms. The van der Waals surface area contributed by atoms with Crippen LogP contribution in [0.25, 0.3) is 0 Å². The number of likely N-dealkylation sites (tertiary alicyclic amines) is 1. The Morgan fingerprint density at radius 1 is 1.32 bits per heavy atom. The third-order valence-electron chi connectivity index (χ3n) is 4.65. The van der Waals surface area contributed by atoms with Gasteiger partial charge in [-0.2, -0.15) is 0 Å². The monoisotopic (exact) mass is 269 g/mol. The fourth-order valence-corrected chi connectivity index (χ4v) is 4.00. The molecule has 2 saturated heterocycles. The van der Waals surface area contributed by atoms with E-state index < -0.39 is 5.97 Å². The van der Waals surface area contributed by atoms with E-state index in [9.17, 15) is 9.90 Å². The van der Waals surface area contributed by atoms with Crippen LogP contribution in [0.2, 0.25) is 0 Å². The Morgan fingerprint density at radius 3 is 2.42 bits per heavy atom. The molecular formula is C15H27NO3. The van der Waals surface area contributed by atoms with E-state index in [1.54, 1.807) is 0 Å². The first-order valence-corrected chi connectivity index (χ1v) is 7.33. The molecule has 0 aromatic carbocycles. The molecule has 0 radical (unpaired) electrons. The standard InChI is InChI=1S/C15H27NO3/c1-10-7-6-8-16(12(10)13(17)18)11-9-14(2,3)19-15(11,4)5/h10-12H,6-9H2,1-5H3,(H,17,18). The molecule has 2 rings (SSSR count). The van der Waals surface area contributed by atoms with Gasteiger partial charge in [-0.1, -0.05) is 6.92 Å². The summed E-state index contributed by atoms with van der Waals surface area (Å²) in [5.41, 5.74) is -0.452. The average Bonchev–Trinajstić information content (AvgIpc) is 2.45. The van der Waals surface area contributed by atoms with E-state index in [0.717, 1.165) is 25.8 Å². The second-order valence-corrected chi connectivity index (χ2v) is 7.33. The molecule has 1 N–H and O–H groups in total. The molecule has 3 unspecified atom stereocenters. The maximum Gasteiger partial charge on any atom is 0.321 e. The van der Waals surface area contributed by atoms with E-state index in [2.05, 4.69) is 39.5 Å². The summed E-state index contributed by atoms with van der Waals surface area (Å²) in [5.74, 6) is -0.474. The molecule has 3 atom stereocenters. The van der Waals surface area contributed by atoms with Crippen LogP contribution in [0.3, 0.4) is 0 Å². The Hall–Kier alpha value is -0.610. The number of nitrogens with zero attached hydrogens (tertiary/aromatic N) is 1. The molecule has 0 aliphatic carbocycles. The number of piperidine rings is 1.